The molecule has 10 N–H and O–H groups in total. The lowest BCUT2D eigenvalue weighted by Gasteiger charge is -2.29. The van der Waals surface area contributed by atoms with Crippen molar-refractivity contribution in [3.63, 3.8) is 0 Å². The van der Waals surface area contributed by atoms with Gasteiger partial charge in [-0.3, -0.25) is 38.6 Å². The number of nitrogens with one attached hydrogen (secondary N) is 5. The monoisotopic (exact) mass is 683 g/mol. The molecule has 5 atom stereocenters. The highest BCUT2D eigenvalue weighted by atomic mass is 16.3. The van der Waals surface area contributed by atoms with E-state index in [1.807, 2.05) is 0 Å². The lowest BCUT2D eigenvalue weighted by Crippen LogP contribution is -2.58. The number of phenolic OH excluding ortho intramolecular Hbond substituents is 1. The number of nitrogens with zero attached hydrogens (tertiary/aromatic N) is 2. The average Bonchev–Trinajstić information content (AvgIpc) is 3.55. The molecule has 1 aromatic carbocycles. The van der Waals surface area contributed by atoms with E-state index in [1.54, 1.807) is 26.0 Å². The van der Waals surface area contributed by atoms with Crippen LogP contribution in [0.3, 0.4) is 0 Å². The number of ketones is 1. The number of guanidine groups is 1. The predicted molar refractivity (Wildman–Crippen MR) is 177 cm³/mol. The summed E-state index contributed by atoms with van der Waals surface area (Å²) in [6.45, 7) is 3.32. The first-order valence-electron chi connectivity index (χ1n) is 16.1. The van der Waals surface area contributed by atoms with Crippen LogP contribution in [-0.2, 0) is 40.0 Å². The van der Waals surface area contributed by atoms with Gasteiger partial charge in [0.05, 0.1) is 12.1 Å². The fraction of sp³-hybridized carbons (Fsp3) is 0.500. The van der Waals surface area contributed by atoms with Crippen molar-refractivity contribution < 1.29 is 38.7 Å². The van der Waals surface area contributed by atoms with Crippen LogP contribution in [0.4, 0.5) is 0 Å². The van der Waals surface area contributed by atoms with E-state index in [1.165, 1.54) is 23.1 Å². The van der Waals surface area contributed by atoms with Gasteiger partial charge in [-0.15, -0.1) is 0 Å². The second-order valence-corrected chi connectivity index (χ2v) is 12.2. The number of amides is 6. The van der Waals surface area contributed by atoms with Crippen LogP contribution in [0.5, 0.6) is 5.75 Å². The molecule has 6 amide bonds. The molecular weight excluding hydrogens is 638 g/mol. The zero-order chi connectivity index (χ0) is 36.1. The molecule has 17 nitrogen and oxygen atoms in total. The number of rotatable bonds is 9. The summed E-state index contributed by atoms with van der Waals surface area (Å²) in [6, 6.07) is 0.655. The van der Waals surface area contributed by atoms with Gasteiger partial charge in [0.1, 0.15) is 23.9 Å². The minimum atomic E-state index is -1.34. The van der Waals surface area contributed by atoms with Gasteiger partial charge >= 0.3 is 0 Å². The lowest BCUT2D eigenvalue weighted by molar-refractivity contribution is -0.144. The van der Waals surface area contributed by atoms with Crippen LogP contribution in [0.25, 0.3) is 0 Å². The Bertz CT molecular complexity index is 1440. The van der Waals surface area contributed by atoms with Gasteiger partial charge in [-0.1, -0.05) is 32.1 Å². The largest absolute Gasteiger partial charge is 0.508 e. The molecule has 2 aliphatic heterocycles. The van der Waals surface area contributed by atoms with Crippen molar-refractivity contribution in [2.75, 3.05) is 19.6 Å². The van der Waals surface area contributed by atoms with Crippen molar-refractivity contribution in [3.8, 4) is 5.75 Å². The van der Waals surface area contributed by atoms with E-state index in [4.69, 9.17) is 11.5 Å². The molecule has 0 radical (unpaired) electrons. The van der Waals surface area contributed by atoms with Crippen LogP contribution in [-0.4, -0.2) is 108 Å². The predicted octanol–water partition coefficient (Wildman–Crippen LogP) is -2.54. The van der Waals surface area contributed by atoms with E-state index in [2.05, 4.69) is 31.6 Å². The van der Waals surface area contributed by atoms with Crippen LogP contribution >= 0.6 is 0 Å². The Kier molecular flexibility index (Phi) is 14.1. The highest BCUT2D eigenvalue weighted by Crippen LogP contribution is 2.20. The number of benzene rings is 1. The Labute approximate surface area is 283 Å². The summed E-state index contributed by atoms with van der Waals surface area (Å²) in [5.74, 6) is -5.34. The number of carbonyl (C=O) groups excluding carboxylic acids is 7. The number of phenols is 1. The van der Waals surface area contributed by atoms with Crippen LogP contribution in [0.2, 0.25) is 0 Å². The molecule has 1 fully saturated rings. The molecule has 1 aromatic rings. The molecule has 3 rings (SSSR count). The Morgan fingerprint density at radius 1 is 1.06 bits per heavy atom. The summed E-state index contributed by atoms with van der Waals surface area (Å²) in [4.78, 5) is 96.9. The average molecular weight is 684 g/mol. The van der Waals surface area contributed by atoms with Gasteiger partial charge in [0.15, 0.2) is 5.96 Å². The second kappa shape index (κ2) is 18.2. The summed E-state index contributed by atoms with van der Waals surface area (Å²) in [6.07, 6.45) is 3.95. The van der Waals surface area contributed by atoms with Crippen LogP contribution in [0.15, 0.2) is 41.4 Å². The van der Waals surface area contributed by atoms with E-state index >= 15 is 0 Å². The highest BCUT2D eigenvalue weighted by Gasteiger charge is 2.39. The van der Waals surface area contributed by atoms with Gasteiger partial charge in [0, 0.05) is 25.7 Å². The van der Waals surface area contributed by atoms with E-state index < -0.39 is 71.4 Å². The molecule has 0 aromatic heterocycles. The van der Waals surface area contributed by atoms with Crippen molar-refractivity contribution in [2.45, 2.75) is 76.2 Å². The molecule has 0 spiro atoms. The van der Waals surface area contributed by atoms with Crippen molar-refractivity contribution in [1.82, 2.24) is 31.5 Å². The van der Waals surface area contributed by atoms with Crippen molar-refractivity contribution in [1.29, 1.82) is 0 Å². The standard InChI is InChI=1S/C32H45N9O8/c1-18(2)26-29(47)38-20(15-19-7-10-21(43)11-8-19)9-12-25(44)36-16-23(37-17-42)31(49)41-14-4-6-24(41)28(46)39-22(27(45)30(48)40-26)5-3-13-35-32(33)34/h7-12,17-18,20,22-24,26,43H,3-6,13-16H2,1-2H3,(H,36,44)(H,37,42)(H,38,47)(H,39,46)(H,40,48)(H4,33,34,35)/b12-9-/t20?,22?,23-,24-,26+/m0/s1. The zero-order valence-electron chi connectivity index (χ0n) is 27.5. The van der Waals surface area contributed by atoms with Crippen LogP contribution in [0.1, 0.15) is 45.1 Å². The maximum atomic E-state index is 13.6. The van der Waals surface area contributed by atoms with Crippen molar-refractivity contribution in [3.05, 3.63) is 42.0 Å². The maximum absolute atomic E-state index is 13.6. The Balaban J connectivity index is 1.99. The summed E-state index contributed by atoms with van der Waals surface area (Å²) < 4.78 is 0. The lowest BCUT2D eigenvalue weighted by atomic mass is 9.99. The van der Waals surface area contributed by atoms with Gasteiger partial charge < -0.3 is 48.1 Å². The Hall–Kier alpha value is -5.48. The van der Waals surface area contributed by atoms with Crippen LogP contribution < -0.4 is 38.1 Å². The third kappa shape index (κ3) is 11.3. The fourth-order valence-corrected chi connectivity index (χ4v) is 5.54. The van der Waals surface area contributed by atoms with Crippen molar-refractivity contribution in [2.24, 2.45) is 22.4 Å². The first-order chi connectivity index (χ1) is 23.3. The second-order valence-electron chi connectivity index (χ2n) is 12.2. The smallest absolute Gasteiger partial charge is 0.290 e. The molecule has 49 heavy (non-hydrogen) atoms. The highest BCUT2D eigenvalue weighted by molar-refractivity contribution is 6.38. The molecule has 0 bridgehead atoms. The summed E-state index contributed by atoms with van der Waals surface area (Å²) in [5, 5.41) is 22.5. The summed E-state index contributed by atoms with van der Waals surface area (Å²) in [5.41, 5.74) is 11.5. The summed E-state index contributed by atoms with van der Waals surface area (Å²) >= 11 is 0. The number of Topliss-reactive ketones (excluding diaryl/α,β-unsaturated/α-hetero) is 1. The molecule has 17 heteroatoms. The van der Waals surface area contributed by atoms with Gasteiger partial charge in [0.25, 0.3) is 5.91 Å². The third-order valence-corrected chi connectivity index (χ3v) is 8.12. The minimum Gasteiger partial charge on any atom is -0.508 e. The number of carbonyl (C=O) groups is 7. The molecule has 2 unspecified atom stereocenters. The Morgan fingerprint density at radius 3 is 2.43 bits per heavy atom. The Morgan fingerprint density at radius 2 is 1.78 bits per heavy atom. The molecule has 266 valence electrons. The van der Waals surface area contributed by atoms with E-state index in [9.17, 15) is 38.7 Å². The maximum Gasteiger partial charge on any atom is 0.290 e. The molecule has 2 aliphatic rings. The molecule has 2 heterocycles. The number of aromatic hydroxyl groups is 1. The number of nitrogens with two attached hydrogens (primary N) is 2. The number of hydrogen-bond donors (Lipinski definition) is 8. The molecule has 1 saturated heterocycles. The molecular formula is C32H45N9O8. The number of hydrogen-bond acceptors (Lipinski definition) is 9. The topological polar surface area (TPSA) is 268 Å². The molecule has 0 saturated carbocycles. The van der Waals surface area contributed by atoms with E-state index in [-0.39, 0.29) is 57.0 Å². The van der Waals surface area contributed by atoms with Gasteiger partial charge in [-0.25, -0.2) is 0 Å². The first-order valence-corrected chi connectivity index (χ1v) is 16.1. The third-order valence-electron chi connectivity index (χ3n) is 8.12. The number of aliphatic imine (C=N–C) groups is 1. The summed E-state index contributed by atoms with van der Waals surface area (Å²) in [7, 11) is 0. The normalized spacial score (nSPS) is 25.0. The first kappa shape index (κ1) is 38.0. The van der Waals surface area contributed by atoms with Gasteiger partial charge in [-0.2, -0.15) is 0 Å². The SMILES string of the molecule is CC(C)[C@H]1NC(=O)C(=O)C(CCCN=C(N)N)NC(=O)[C@@H]2CCCN2C(=O)[C@@H](NC=O)CNC(=O)/C=C\C(Cc2ccc(O)cc2)NC1=O. The molecule has 0 aliphatic carbocycles. The van der Waals surface area contributed by atoms with E-state index in [0.29, 0.717) is 18.4 Å². The van der Waals surface area contributed by atoms with Gasteiger partial charge in [-0.05, 0) is 55.7 Å². The van der Waals surface area contributed by atoms with Crippen molar-refractivity contribution >= 4 is 47.7 Å². The van der Waals surface area contributed by atoms with Crippen LogP contribution in [0, 0.1) is 5.92 Å². The fourth-order valence-electron chi connectivity index (χ4n) is 5.54. The zero-order valence-corrected chi connectivity index (χ0v) is 27.5. The number of fused-ring (bicyclic) bond motifs is 1. The quantitative estimate of drug-likeness (QED) is 0.0444. The minimum absolute atomic E-state index is 0.0329. The van der Waals surface area contributed by atoms with Gasteiger partial charge in [0.2, 0.25) is 35.8 Å². The van der Waals surface area contributed by atoms with E-state index in [0.717, 1.165) is 6.08 Å².